The monoisotopic (exact) mass is 546 g/mol. The third-order valence-corrected chi connectivity index (χ3v) is 7.91. The second-order valence-corrected chi connectivity index (χ2v) is 10.7. The number of fused-ring (bicyclic) bond motifs is 1. The van der Waals surface area contributed by atoms with E-state index in [2.05, 4.69) is 25.3 Å². The molecule has 4 heterocycles. The molecule has 2 aromatic heterocycles. The maximum absolute atomic E-state index is 12.9. The number of thioether (sulfide) groups is 1. The number of carbonyl (C=O) groups excluding carboxylic acids is 2. The summed E-state index contributed by atoms with van der Waals surface area (Å²) in [4.78, 5) is 38.9. The van der Waals surface area contributed by atoms with Crippen LogP contribution in [0, 0.1) is 0 Å². The number of amides is 2. The van der Waals surface area contributed by atoms with Crippen LogP contribution in [0.15, 0.2) is 65.0 Å². The van der Waals surface area contributed by atoms with E-state index in [1.54, 1.807) is 18.0 Å². The minimum Gasteiger partial charge on any atom is -0.370 e. The fourth-order valence-electron chi connectivity index (χ4n) is 4.85. The number of hydrogen-bond acceptors (Lipinski definition) is 7. The third kappa shape index (κ3) is 6.97. The van der Waals surface area contributed by atoms with Crippen LogP contribution in [0.5, 0.6) is 0 Å². The summed E-state index contributed by atoms with van der Waals surface area (Å²) < 4.78 is 1.82. The normalized spacial score (nSPS) is 15.4. The van der Waals surface area contributed by atoms with E-state index in [-0.39, 0.29) is 17.7 Å². The van der Waals surface area contributed by atoms with Gasteiger partial charge in [0, 0.05) is 50.1 Å². The van der Waals surface area contributed by atoms with Crippen LogP contribution in [0.4, 0.5) is 0 Å². The molecule has 0 fully saturated rings. The van der Waals surface area contributed by atoms with Crippen molar-refractivity contribution in [3.63, 3.8) is 0 Å². The highest BCUT2D eigenvalue weighted by molar-refractivity contribution is 8.16. The van der Waals surface area contributed by atoms with Crippen LogP contribution in [-0.4, -0.2) is 61.3 Å². The number of unbranched alkanes of at least 4 members (excludes halogenated alkanes) is 2. The lowest BCUT2D eigenvalue weighted by molar-refractivity contribution is -0.121. The molecule has 0 radical (unpaired) electrons. The fourth-order valence-corrected chi connectivity index (χ4v) is 5.80. The summed E-state index contributed by atoms with van der Waals surface area (Å²) in [5.41, 5.74) is 9.23. The van der Waals surface area contributed by atoms with Crippen LogP contribution in [0.25, 0.3) is 16.9 Å². The smallest absolute Gasteiger partial charge is 0.225 e. The van der Waals surface area contributed by atoms with E-state index in [0.29, 0.717) is 19.4 Å². The van der Waals surface area contributed by atoms with Crippen LogP contribution in [0.2, 0.25) is 0 Å². The summed E-state index contributed by atoms with van der Waals surface area (Å²) in [5.74, 6) is 0.596. The highest BCUT2D eigenvalue weighted by atomic mass is 32.2. The molecule has 0 aliphatic carbocycles. The molecule has 0 spiro atoms. The van der Waals surface area contributed by atoms with Gasteiger partial charge in [-0.05, 0) is 48.4 Å². The Morgan fingerprint density at radius 1 is 1.18 bits per heavy atom. The summed E-state index contributed by atoms with van der Waals surface area (Å²) in [6.45, 7) is 2.26. The lowest BCUT2D eigenvalue weighted by Gasteiger charge is -2.25. The predicted molar refractivity (Wildman–Crippen MR) is 153 cm³/mol. The van der Waals surface area contributed by atoms with Crippen LogP contribution in [-0.2, 0) is 9.59 Å². The lowest BCUT2D eigenvalue weighted by Crippen LogP contribution is -2.34. The molecule has 1 aromatic carbocycles. The molecular formula is C28H34N8O2S. The summed E-state index contributed by atoms with van der Waals surface area (Å²) in [6.07, 6.45) is 10.7. The first-order valence-corrected chi connectivity index (χ1v) is 14.3. The van der Waals surface area contributed by atoms with Gasteiger partial charge in [-0.3, -0.25) is 14.6 Å². The zero-order chi connectivity index (χ0) is 27.0. The Morgan fingerprint density at radius 2 is 2.05 bits per heavy atom. The van der Waals surface area contributed by atoms with Crippen LogP contribution < -0.4 is 11.1 Å². The first-order chi connectivity index (χ1) is 19.1. The Bertz CT molecular complexity index is 1330. The number of benzene rings is 1. The van der Waals surface area contributed by atoms with Gasteiger partial charge in [-0.15, -0.1) is 0 Å². The number of primary amides is 1. The quantitative estimate of drug-likeness (QED) is 0.278. The number of H-pyrrole nitrogens is 1. The molecule has 204 valence electrons. The molecule has 1 unspecified atom stereocenters. The molecule has 3 aromatic rings. The minimum atomic E-state index is -0.269. The van der Waals surface area contributed by atoms with Crippen molar-refractivity contribution in [3.8, 4) is 16.9 Å². The SMILES string of the molecule is NC(=O)CCCCCC(CNC(=O)CC1=CSC2=NCCCN12)c1ncc(-c2ccc(-n3cccn3)cc2)[nH]1. The second kappa shape index (κ2) is 12.8. The number of imidazole rings is 1. The highest BCUT2D eigenvalue weighted by Gasteiger charge is 2.26. The first-order valence-electron chi connectivity index (χ1n) is 13.4. The summed E-state index contributed by atoms with van der Waals surface area (Å²) >= 11 is 1.60. The van der Waals surface area contributed by atoms with Crippen molar-refractivity contribution in [3.05, 3.63) is 65.9 Å². The predicted octanol–water partition coefficient (Wildman–Crippen LogP) is 3.94. The highest BCUT2D eigenvalue weighted by Crippen LogP contribution is 2.30. The summed E-state index contributed by atoms with van der Waals surface area (Å²) in [7, 11) is 0. The molecule has 0 saturated heterocycles. The minimum absolute atomic E-state index is 0.00612. The number of aliphatic imine (C=N–C) groups is 1. The summed E-state index contributed by atoms with van der Waals surface area (Å²) in [5, 5.41) is 10.4. The number of rotatable bonds is 13. The Labute approximate surface area is 232 Å². The van der Waals surface area contributed by atoms with Crippen molar-refractivity contribution in [2.24, 2.45) is 10.7 Å². The van der Waals surface area contributed by atoms with Crippen molar-refractivity contribution in [2.45, 2.75) is 50.9 Å². The molecule has 0 bridgehead atoms. The number of hydrogen-bond donors (Lipinski definition) is 3. The Balaban J connectivity index is 1.21. The standard InChI is InChI=1S/C28H34N8O2S/c29-25(37)7-3-1-2-6-21(17-31-26(38)16-23-19-39-28-30-12-4-14-35(23)28)27-32-18-24(34-27)20-8-10-22(11-9-20)36-15-5-13-33-36/h5,8-11,13,15,18-19,21H,1-4,6-7,12,14,16-17H2,(H2,29,37)(H,31,38)(H,32,34). The van der Waals surface area contributed by atoms with Crippen molar-refractivity contribution in [1.82, 2.24) is 30.0 Å². The number of nitrogens with two attached hydrogens (primary N) is 1. The average Bonchev–Trinajstić information content (AvgIpc) is 3.72. The number of nitrogens with one attached hydrogen (secondary N) is 2. The maximum atomic E-state index is 12.9. The molecule has 39 heavy (non-hydrogen) atoms. The fraction of sp³-hybridized carbons (Fsp3) is 0.393. The van der Waals surface area contributed by atoms with Gasteiger partial charge in [0.1, 0.15) is 5.82 Å². The molecule has 1 atom stereocenters. The van der Waals surface area contributed by atoms with E-state index in [1.807, 2.05) is 52.8 Å². The van der Waals surface area contributed by atoms with Crippen molar-refractivity contribution < 1.29 is 9.59 Å². The topological polar surface area (TPSA) is 134 Å². The molecule has 4 N–H and O–H groups in total. The van der Waals surface area contributed by atoms with Crippen molar-refractivity contribution in [1.29, 1.82) is 0 Å². The molecular weight excluding hydrogens is 512 g/mol. The van der Waals surface area contributed by atoms with Gasteiger partial charge in [-0.2, -0.15) is 5.10 Å². The lowest BCUT2D eigenvalue weighted by atomic mass is 9.99. The van der Waals surface area contributed by atoms with Gasteiger partial charge in [0.2, 0.25) is 11.8 Å². The van der Waals surface area contributed by atoms with Gasteiger partial charge >= 0.3 is 0 Å². The number of nitrogens with zero attached hydrogens (tertiary/aromatic N) is 5. The zero-order valence-electron chi connectivity index (χ0n) is 21.9. The first kappa shape index (κ1) is 26.7. The van der Waals surface area contributed by atoms with E-state index in [0.717, 1.165) is 78.8 Å². The van der Waals surface area contributed by atoms with E-state index in [1.165, 1.54) is 0 Å². The molecule has 2 aliphatic rings. The van der Waals surface area contributed by atoms with Crippen LogP contribution >= 0.6 is 11.8 Å². The number of aromatic amines is 1. The van der Waals surface area contributed by atoms with Gasteiger partial charge in [0.05, 0.1) is 24.0 Å². The Hall–Kier alpha value is -3.86. The van der Waals surface area contributed by atoms with E-state index >= 15 is 0 Å². The van der Waals surface area contributed by atoms with Gasteiger partial charge in [-0.25, -0.2) is 9.67 Å². The largest absolute Gasteiger partial charge is 0.370 e. The Kier molecular flexibility index (Phi) is 8.77. The Morgan fingerprint density at radius 3 is 2.85 bits per heavy atom. The van der Waals surface area contributed by atoms with E-state index in [4.69, 9.17) is 10.7 Å². The van der Waals surface area contributed by atoms with Gasteiger partial charge in [0.15, 0.2) is 5.17 Å². The third-order valence-electron chi connectivity index (χ3n) is 6.96. The molecule has 10 nitrogen and oxygen atoms in total. The van der Waals surface area contributed by atoms with Gasteiger partial charge in [-0.1, -0.05) is 36.7 Å². The van der Waals surface area contributed by atoms with E-state index < -0.39 is 0 Å². The summed E-state index contributed by atoms with van der Waals surface area (Å²) in [6, 6.07) is 10.0. The van der Waals surface area contributed by atoms with E-state index in [9.17, 15) is 9.59 Å². The van der Waals surface area contributed by atoms with Crippen molar-refractivity contribution >= 4 is 28.7 Å². The molecule has 5 rings (SSSR count). The maximum Gasteiger partial charge on any atom is 0.225 e. The molecule has 11 heteroatoms. The second-order valence-electron chi connectivity index (χ2n) is 9.82. The average molecular weight is 547 g/mol. The number of carbonyl (C=O) groups is 2. The zero-order valence-corrected chi connectivity index (χ0v) is 22.7. The molecule has 2 aliphatic heterocycles. The number of aromatic nitrogens is 4. The van der Waals surface area contributed by atoms with Gasteiger partial charge in [0.25, 0.3) is 0 Å². The number of amidine groups is 1. The molecule has 2 amide bonds. The van der Waals surface area contributed by atoms with Gasteiger partial charge < -0.3 is 20.9 Å². The van der Waals surface area contributed by atoms with Crippen LogP contribution in [0.1, 0.15) is 56.7 Å². The molecule has 0 saturated carbocycles. The van der Waals surface area contributed by atoms with Crippen LogP contribution in [0.3, 0.4) is 0 Å². The van der Waals surface area contributed by atoms with Crippen molar-refractivity contribution in [2.75, 3.05) is 19.6 Å².